The SMILES string of the molecule is O=C1CCC(N2Cc3cc(C4CCN(CCc5ccccc5F)CC4)ccc3C2=O)C(=O)N1. The number of carbonyl (C=O) groups is 3. The number of hydrogen-bond donors (Lipinski definition) is 1. The van der Waals surface area contributed by atoms with Gasteiger partial charge in [0.05, 0.1) is 0 Å². The molecule has 3 amide bonds. The van der Waals surface area contributed by atoms with Crippen molar-refractivity contribution in [1.82, 2.24) is 15.1 Å². The van der Waals surface area contributed by atoms with E-state index in [1.807, 2.05) is 24.3 Å². The van der Waals surface area contributed by atoms with Crippen LogP contribution in [-0.4, -0.2) is 53.2 Å². The molecular formula is C26H28FN3O3. The number of nitrogens with zero attached hydrogens (tertiary/aromatic N) is 2. The molecule has 0 aromatic heterocycles. The maximum absolute atomic E-state index is 13.9. The Morgan fingerprint density at radius 3 is 2.55 bits per heavy atom. The lowest BCUT2D eigenvalue weighted by atomic mass is 9.88. The summed E-state index contributed by atoms with van der Waals surface area (Å²) in [7, 11) is 0. The molecule has 7 heteroatoms. The predicted octanol–water partition coefficient (Wildman–Crippen LogP) is 3.01. The second-order valence-corrected chi connectivity index (χ2v) is 9.27. The molecule has 0 bridgehead atoms. The number of benzene rings is 2. The van der Waals surface area contributed by atoms with Gasteiger partial charge >= 0.3 is 0 Å². The van der Waals surface area contributed by atoms with Gasteiger partial charge in [0.2, 0.25) is 11.8 Å². The van der Waals surface area contributed by atoms with E-state index in [0.29, 0.717) is 30.9 Å². The first kappa shape index (κ1) is 21.8. The van der Waals surface area contributed by atoms with Crippen LogP contribution in [0.3, 0.4) is 0 Å². The Morgan fingerprint density at radius 1 is 1.00 bits per heavy atom. The van der Waals surface area contributed by atoms with Crippen LogP contribution >= 0.6 is 0 Å². The first-order chi connectivity index (χ1) is 16.0. The van der Waals surface area contributed by atoms with Crippen LogP contribution < -0.4 is 5.32 Å². The van der Waals surface area contributed by atoms with Gasteiger partial charge in [0.1, 0.15) is 11.9 Å². The number of carbonyl (C=O) groups excluding carboxylic acids is 3. The van der Waals surface area contributed by atoms with E-state index in [-0.39, 0.29) is 30.0 Å². The predicted molar refractivity (Wildman–Crippen MR) is 121 cm³/mol. The number of amides is 3. The lowest BCUT2D eigenvalue weighted by molar-refractivity contribution is -0.136. The van der Waals surface area contributed by atoms with Crippen LogP contribution in [0.2, 0.25) is 0 Å². The van der Waals surface area contributed by atoms with Crippen LogP contribution in [0.25, 0.3) is 0 Å². The molecular weight excluding hydrogens is 421 g/mol. The highest BCUT2D eigenvalue weighted by Gasteiger charge is 2.39. The van der Waals surface area contributed by atoms with Crippen molar-refractivity contribution in [2.45, 2.75) is 50.6 Å². The second-order valence-electron chi connectivity index (χ2n) is 9.27. The van der Waals surface area contributed by atoms with E-state index in [1.165, 1.54) is 11.6 Å². The van der Waals surface area contributed by atoms with Gasteiger partial charge in [0.25, 0.3) is 5.91 Å². The van der Waals surface area contributed by atoms with Crippen molar-refractivity contribution in [1.29, 1.82) is 0 Å². The lowest BCUT2D eigenvalue weighted by Gasteiger charge is -2.32. The van der Waals surface area contributed by atoms with Crippen molar-refractivity contribution in [2.75, 3.05) is 19.6 Å². The van der Waals surface area contributed by atoms with Crippen LogP contribution in [-0.2, 0) is 22.6 Å². The van der Waals surface area contributed by atoms with Crippen LogP contribution in [0.4, 0.5) is 4.39 Å². The van der Waals surface area contributed by atoms with Gasteiger partial charge in [-0.15, -0.1) is 0 Å². The molecule has 0 spiro atoms. The molecule has 3 aliphatic heterocycles. The van der Waals surface area contributed by atoms with Gasteiger partial charge < -0.3 is 9.80 Å². The Hall–Kier alpha value is -3.06. The molecule has 1 N–H and O–H groups in total. The third kappa shape index (κ3) is 4.42. The van der Waals surface area contributed by atoms with E-state index in [1.54, 1.807) is 11.0 Å². The fourth-order valence-corrected chi connectivity index (χ4v) is 5.32. The summed E-state index contributed by atoms with van der Waals surface area (Å²) < 4.78 is 13.9. The first-order valence-electron chi connectivity index (χ1n) is 11.7. The van der Waals surface area contributed by atoms with Crippen molar-refractivity contribution in [2.24, 2.45) is 0 Å². The Kier molecular flexibility index (Phi) is 5.98. The second kappa shape index (κ2) is 9.06. The molecule has 0 radical (unpaired) electrons. The smallest absolute Gasteiger partial charge is 0.255 e. The van der Waals surface area contributed by atoms with Crippen LogP contribution in [0.5, 0.6) is 0 Å². The number of imide groups is 1. The summed E-state index contributed by atoms with van der Waals surface area (Å²) in [5.74, 6) is -0.487. The third-order valence-electron chi connectivity index (χ3n) is 7.26. The molecule has 2 saturated heterocycles. The van der Waals surface area contributed by atoms with Crippen molar-refractivity contribution in [3.8, 4) is 0 Å². The number of nitrogens with one attached hydrogen (secondary N) is 1. The summed E-state index contributed by atoms with van der Waals surface area (Å²) in [6, 6.07) is 12.5. The molecule has 3 aliphatic rings. The Bertz CT molecular complexity index is 1090. The van der Waals surface area contributed by atoms with E-state index in [0.717, 1.165) is 43.6 Å². The lowest BCUT2D eigenvalue weighted by Crippen LogP contribution is -2.52. The molecule has 2 aromatic carbocycles. The van der Waals surface area contributed by atoms with Gasteiger partial charge in [-0.25, -0.2) is 4.39 Å². The Labute approximate surface area is 192 Å². The molecule has 3 heterocycles. The third-order valence-corrected chi connectivity index (χ3v) is 7.26. The van der Waals surface area contributed by atoms with Gasteiger partial charge in [0, 0.05) is 25.1 Å². The molecule has 2 aromatic rings. The fourth-order valence-electron chi connectivity index (χ4n) is 5.32. The van der Waals surface area contributed by atoms with E-state index in [4.69, 9.17) is 0 Å². The summed E-state index contributed by atoms with van der Waals surface area (Å²) in [5, 5.41) is 2.35. The quantitative estimate of drug-likeness (QED) is 0.713. The molecule has 33 heavy (non-hydrogen) atoms. The molecule has 0 aliphatic carbocycles. The zero-order chi connectivity index (χ0) is 22.9. The minimum atomic E-state index is -0.580. The standard InChI is InChI=1S/C26H28FN3O3/c27-22-4-2-1-3-18(22)11-14-29-12-9-17(10-13-29)19-5-6-21-20(15-19)16-30(26(21)33)23-7-8-24(31)28-25(23)32/h1-6,15,17,23H,7-14,16H2,(H,28,31,32). The number of piperidine rings is 2. The Balaban J connectivity index is 1.19. The largest absolute Gasteiger partial charge is 0.322 e. The summed E-state index contributed by atoms with van der Waals surface area (Å²) in [4.78, 5) is 40.6. The van der Waals surface area contributed by atoms with Crippen molar-refractivity contribution >= 4 is 17.7 Å². The molecule has 1 atom stereocenters. The van der Waals surface area contributed by atoms with Crippen molar-refractivity contribution in [3.63, 3.8) is 0 Å². The highest BCUT2D eigenvalue weighted by Crippen LogP contribution is 2.33. The monoisotopic (exact) mass is 449 g/mol. The molecule has 5 rings (SSSR count). The molecule has 172 valence electrons. The van der Waals surface area contributed by atoms with Gasteiger partial charge in [-0.3, -0.25) is 19.7 Å². The van der Waals surface area contributed by atoms with Gasteiger partial charge in [-0.1, -0.05) is 30.3 Å². The van der Waals surface area contributed by atoms with Crippen LogP contribution in [0.15, 0.2) is 42.5 Å². The van der Waals surface area contributed by atoms with E-state index >= 15 is 0 Å². The Morgan fingerprint density at radius 2 is 1.79 bits per heavy atom. The minimum Gasteiger partial charge on any atom is -0.322 e. The first-order valence-corrected chi connectivity index (χ1v) is 11.7. The maximum atomic E-state index is 13.9. The number of fused-ring (bicyclic) bond motifs is 1. The number of likely N-dealkylation sites (tertiary alicyclic amines) is 1. The van der Waals surface area contributed by atoms with Crippen molar-refractivity contribution in [3.05, 3.63) is 70.5 Å². The molecule has 2 fully saturated rings. The topological polar surface area (TPSA) is 69.7 Å². The molecule has 1 unspecified atom stereocenters. The van der Waals surface area contributed by atoms with Gasteiger partial charge in [-0.2, -0.15) is 0 Å². The summed E-state index contributed by atoms with van der Waals surface area (Å²) in [5.41, 5.74) is 3.62. The van der Waals surface area contributed by atoms with Crippen LogP contribution in [0.1, 0.15) is 58.6 Å². The zero-order valence-corrected chi connectivity index (χ0v) is 18.6. The summed E-state index contributed by atoms with van der Waals surface area (Å²) >= 11 is 0. The highest BCUT2D eigenvalue weighted by atomic mass is 19.1. The fraction of sp³-hybridized carbons (Fsp3) is 0.423. The van der Waals surface area contributed by atoms with Crippen molar-refractivity contribution < 1.29 is 18.8 Å². The summed E-state index contributed by atoms with van der Waals surface area (Å²) in [6.07, 6.45) is 3.41. The molecule has 0 saturated carbocycles. The normalized spacial score (nSPS) is 21.9. The van der Waals surface area contributed by atoms with E-state index < -0.39 is 6.04 Å². The average Bonchev–Trinajstić information content (AvgIpc) is 3.14. The van der Waals surface area contributed by atoms with Gasteiger partial charge in [0.15, 0.2) is 0 Å². The summed E-state index contributed by atoms with van der Waals surface area (Å²) in [6.45, 7) is 3.21. The van der Waals surface area contributed by atoms with Crippen LogP contribution in [0, 0.1) is 5.82 Å². The average molecular weight is 450 g/mol. The number of halogens is 1. The van der Waals surface area contributed by atoms with E-state index in [2.05, 4.69) is 16.3 Å². The number of hydrogen-bond acceptors (Lipinski definition) is 4. The maximum Gasteiger partial charge on any atom is 0.255 e. The van der Waals surface area contributed by atoms with Gasteiger partial charge in [-0.05, 0) is 73.5 Å². The van der Waals surface area contributed by atoms with E-state index in [9.17, 15) is 18.8 Å². The minimum absolute atomic E-state index is 0.131. The zero-order valence-electron chi connectivity index (χ0n) is 18.6. The highest BCUT2D eigenvalue weighted by molar-refractivity contribution is 6.05. The molecule has 6 nitrogen and oxygen atoms in total. The number of rotatable bonds is 5.